The third kappa shape index (κ3) is 3.76. The molecule has 0 spiro atoms. The van der Waals surface area contributed by atoms with Crippen molar-refractivity contribution in [2.45, 2.75) is 19.8 Å². The number of amides is 1. The lowest BCUT2D eigenvalue weighted by Gasteiger charge is -2.07. The van der Waals surface area contributed by atoms with Gasteiger partial charge in [-0.1, -0.05) is 0 Å². The van der Waals surface area contributed by atoms with Gasteiger partial charge >= 0.3 is 5.97 Å². The van der Waals surface area contributed by atoms with Crippen LogP contribution in [0, 0.1) is 5.92 Å². The number of hydrogen-bond donors (Lipinski definition) is 1. The average Bonchev–Trinajstić information content (AvgIpc) is 3.20. The Morgan fingerprint density at radius 2 is 2.21 bits per heavy atom. The highest BCUT2D eigenvalue weighted by Crippen LogP contribution is 2.27. The highest BCUT2D eigenvalue weighted by molar-refractivity contribution is 9.10. The molecule has 1 N–H and O–H groups in total. The highest BCUT2D eigenvalue weighted by Gasteiger charge is 2.23. The molecule has 0 atom stereocenters. The minimum absolute atomic E-state index is 0.126. The van der Waals surface area contributed by atoms with Gasteiger partial charge in [-0.3, -0.25) is 4.79 Å². The van der Waals surface area contributed by atoms with Crippen LogP contribution >= 0.6 is 15.9 Å². The van der Waals surface area contributed by atoms with Gasteiger partial charge in [0, 0.05) is 6.54 Å². The number of nitrogens with zero attached hydrogens (tertiary/aromatic N) is 1. The molecule has 19 heavy (non-hydrogen) atoms. The molecule has 6 heteroatoms. The lowest BCUT2D eigenvalue weighted by molar-refractivity contribution is 0.0518. The van der Waals surface area contributed by atoms with Crippen LogP contribution in [0.1, 0.15) is 40.7 Å². The molecule has 1 heterocycles. The van der Waals surface area contributed by atoms with E-state index in [0.29, 0.717) is 16.9 Å². The summed E-state index contributed by atoms with van der Waals surface area (Å²) in [4.78, 5) is 27.6. The normalized spacial score (nSPS) is 14.0. The molecule has 1 aliphatic carbocycles. The van der Waals surface area contributed by atoms with E-state index in [1.165, 1.54) is 12.8 Å². The first-order chi connectivity index (χ1) is 9.11. The van der Waals surface area contributed by atoms with Crippen molar-refractivity contribution in [2.75, 3.05) is 13.2 Å². The quantitative estimate of drug-likeness (QED) is 0.842. The summed E-state index contributed by atoms with van der Waals surface area (Å²) >= 11 is 3.23. The van der Waals surface area contributed by atoms with Crippen molar-refractivity contribution in [3.8, 4) is 0 Å². The summed E-state index contributed by atoms with van der Waals surface area (Å²) in [5.41, 5.74) is 0.354. The molecule has 5 nitrogen and oxygen atoms in total. The zero-order chi connectivity index (χ0) is 13.8. The third-order valence-corrected chi connectivity index (χ3v) is 3.44. The number of nitrogens with one attached hydrogen (secondary N) is 1. The summed E-state index contributed by atoms with van der Waals surface area (Å²) < 4.78 is 5.41. The van der Waals surface area contributed by atoms with Crippen molar-refractivity contribution in [3.63, 3.8) is 0 Å². The monoisotopic (exact) mass is 326 g/mol. The van der Waals surface area contributed by atoms with Gasteiger partial charge in [0.2, 0.25) is 0 Å². The summed E-state index contributed by atoms with van der Waals surface area (Å²) in [5.74, 6) is -0.194. The van der Waals surface area contributed by atoms with Gasteiger partial charge in [-0.25, -0.2) is 9.78 Å². The summed E-state index contributed by atoms with van der Waals surface area (Å²) in [6.07, 6.45) is 2.34. The Bertz CT molecular complexity index is 501. The van der Waals surface area contributed by atoms with E-state index in [4.69, 9.17) is 4.74 Å². The van der Waals surface area contributed by atoms with Gasteiger partial charge in [0.05, 0.1) is 11.1 Å². The Morgan fingerprint density at radius 1 is 1.47 bits per heavy atom. The molecule has 1 aliphatic rings. The number of aromatic nitrogens is 1. The van der Waals surface area contributed by atoms with E-state index in [1.807, 2.05) is 0 Å². The van der Waals surface area contributed by atoms with E-state index in [2.05, 4.69) is 26.2 Å². The second kappa shape index (κ2) is 6.14. The van der Waals surface area contributed by atoms with Gasteiger partial charge in [-0.15, -0.1) is 0 Å². The first-order valence-electron chi connectivity index (χ1n) is 6.23. The molecule has 0 bridgehead atoms. The Hall–Kier alpha value is -1.43. The molecule has 0 unspecified atom stereocenters. The maximum absolute atomic E-state index is 11.9. The highest BCUT2D eigenvalue weighted by atomic mass is 79.9. The molecule has 0 aromatic carbocycles. The summed E-state index contributed by atoms with van der Waals surface area (Å²) in [6, 6.07) is 3.21. The van der Waals surface area contributed by atoms with Crippen LogP contribution < -0.4 is 5.32 Å². The van der Waals surface area contributed by atoms with E-state index in [-0.39, 0.29) is 23.9 Å². The zero-order valence-corrected chi connectivity index (χ0v) is 12.2. The number of carbonyl (C=O) groups is 2. The number of esters is 1. The van der Waals surface area contributed by atoms with E-state index in [0.717, 1.165) is 0 Å². The standard InChI is InChI=1S/C13H15BrN2O3/c1-2-19-13(18)11-9(14)5-6-10(16-11)12(17)15-7-8-3-4-8/h5-6,8H,2-4,7H2,1H3,(H,15,17). The maximum atomic E-state index is 11.9. The second-order valence-electron chi connectivity index (χ2n) is 4.40. The Balaban J connectivity index is 2.09. The molecule has 2 rings (SSSR count). The predicted octanol–water partition coefficient (Wildman–Crippen LogP) is 2.16. The van der Waals surface area contributed by atoms with Crippen LogP contribution in [0.15, 0.2) is 16.6 Å². The van der Waals surface area contributed by atoms with Crippen LogP contribution in [-0.4, -0.2) is 30.0 Å². The van der Waals surface area contributed by atoms with Crippen LogP contribution in [0.25, 0.3) is 0 Å². The fourth-order valence-corrected chi connectivity index (χ4v) is 1.94. The summed E-state index contributed by atoms with van der Waals surface area (Å²) in [5, 5.41) is 2.81. The van der Waals surface area contributed by atoms with Crippen LogP contribution in [0.3, 0.4) is 0 Å². The molecule has 0 aliphatic heterocycles. The van der Waals surface area contributed by atoms with Crippen molar-refractivity contribution in [2.24, 2.45) is 5.92 Å². The van der Waals surface area contributed by atoms with E-state index >= 15 is 0 Å². The molecular formula is C13H15BrN2O3. The summed E-state index contributed by atoms with van der Waals surface area (Å²) in [7, 11) is 0. The van der Waals surface area contributed by atoms with Gasteiger partial charge in [-0.2, -0.15) is 0 Å². The van der Waals surface area contributed by atoms with Crippen LogP contribution in [0.5, 0.6) is 0 Å². The fraction of sp³-hybridized carbons (Fsp3) is 0.462. The molecule has 1 aromatic rings. The third-order valence-electron chi connectivity index (χ3n) is 2.80. The molecular weight excluding hydrogens is 312 g/mol. The largest absolute Gasteiger partial charge is 0.461 e. The van der Waals surface area contributed by atoms with Gasteiger partial charge in [0.1, 0.15) is 5.69 Å². The molecule has 1 saturated carbocycles. The number of pyridine rings is 1. The molecule has 0 saturated heterocycles. The molecule has 102 valence electrons. The maximum Gasteiger partial charge on any atom is 0.358 e. The number of halogens is 1. The lowest BCUT2D eigenvalue weighted by Crippen LogP contribution is -2.27. The van der Waals surface area contributed by atoms with Crippen LogP contribution in [0.4, 0.5) is 0 Å². The van der Waals surface area contributed by atoms with Gasteiger partial charge in [0.15, 0.2) is 5.69 Å². The van der Waals surface area contributed by atoms with Crippen LogP contribution in [0.2, 0.25) is 0 Å². The molecule has 1 aromatic heterocycles. The number of ether oxygens (including phenoxy) is 1. The SMILES string of the molecule is CCOC(=O)c1nc(C(=O)NCC2CC2)ccc1Br. The van der Waals surface area contributed by atoms with Crippen molar-refractivity contribution >= 4 is 27.8 Å². The smallest absolute Gasteiger partial charge is 0.358 e. The Morgan fingerprint density at radius 3 is 2.84 bits per heavy atom. The van der Waals surface area contributed by atoms with Crippen molar-refractivity contribution in [3.05, 3.63) is 28.0 Å². The van der Waals surface area contributed by atoms with E-state index < -0.39 is 5.97 Å². The summed E-state index contributed by atoms with van der Waals surface area (Å²) in [6.45, 7) is 2.66. The van der Waals surface area contributed by atoms with E-state index in [9.17, 15) is 9.59 Å². The minimum Gasteiger partial charge on any atom is -0.461 e. The van der Waals surface area contributed by atoms with Crippen molar-refractivity contribution in [1.29, 1.82) is 0 Å². The van der Waals surface area contributed by atoms with Crippen molar-refractivity contribution < 1.29 is 14.3 Å². The average molecular weight is 327 g/mol. The Kier molecular flexibility index (Phi) is 4.52. The van der Waals surface area contributed by atoms with E-state index in [1.54, 1.807) is 19.1 Å². The first-order valence-corrected chi connectivity index (χ1v) is 7.03. The number of carbonyl (C=O) groups excluding carboxylic acids is 2. The molecule has 0 radical (unpaired) electrons. The predicted molar refractivity (Wildman–Crippen MR) is 73.0 cm³/mol. The number of hydrogen-bond acceptors (Lipinski definition) is 4. The first kappa shape index (κ1) is 14.0. The van der Waals surface area contributed by atoms with Gasteiger partial charge in [0.25, 0.3) is 5.91 Å². The molecule has 1 amide bonds. The lowest BCUT2D eigenvalue weighted by atomic mass is 10.3. The minimum atomic E-state index is -0.536. The van der Waals surface area contributed by atoms with Crippen molar-refractivity contribution in [1.82, 2.24) is 10.3 Å². The fourth-order valence-electron chi connectivity index (χ4n) is 1.56. The van der Waals surface area contributed by atoms with Gasteiger partial charge in [-0.05, 0) is 53.7 Å². The molecule has 1 fully saturated rings. The Labute approximate surface area is 119 Å². The van der Waals surface area contributed by atoms with Crippen LogP contribution in [-0.2, 0) is 4.74 Å². The second-order valence-corrected chi connectivity index (χ2v) is 5.26. The topological polar surface area (TPSA) is 68.3 Å². The number of rotatable bonds is 5. The zero-order valence-electron chi connectivity index (χ0n) is 10.6. The van der Waals surface area contributed by atoms with Gasteiger partial charge < -0.3 is 10.1 Å².